The predicted molar refractivity (Wildman–Crippen MR) is 74.1 cm³/mol. The minimum absolute atomic E-state index is 0.489. The van der Waals surface area contributed by atoms with Crippen LogP contribution in [0.1, 0.15) is 51.9 Å². The van der Waals surface area contributed by atoms with Gasteiger partial charge in [-0.2, -0.15) is 0 Å². The van der Waals surface area contributed by atoms with Gasteiger partial charge in [0.2, 0.25) is 0 Å². The fourth-order valence-electron chi connectivity index (χ4n) is 3.67. The van der Waals surface area contributed by atoms with Gasteiger partial charge in [-0.25, -0.2) is 0 Å². The van der Waals surface area contributed by atoms with E-state index in [-0.39, 0.29) is 0 Å². The van der Waals surface area contributed by atoms with Gasteiger partial charge in [-0.05, 0) is 57.4 Å². The maximum Gasteiger partial charge on any atom is 0.323 e. The average molecular weight is 266 g/mol. The Kier molecular flexibility index (Phi) is 3.56. The third-order valence-electron chi connectivity index (χ3n) is 5.06. The zero-order chi connectivity index (χ0) is 13.5. The highest BCUT2D eigenvalue weighted by Crippen LogP contribution is 2.41. The summed E-state index contributed by atoms with van der Waals surface area (Å²) >= 11 is 0. The number of carboxylic acids is 1. The van der Waals surface area contributed by atoms with Crippen LogP contribution in [0.15, 0.2) is 0 Å². The highest BCUT2D eigenvalue weighted by molar-refractivity contribution is 5.79. The van der Waals surface area contributed by atoms with Gasteiger partial charge in [-0.3, -0.25) is 9.69 Å². The first-order valence-corrected chi connectivity index (χ1v) is 7.89. The Bertz CT molecular complexity index is 352. The Morgan fingerprint density at radius 1 is 1.26 bits per heavy atom. The van der Waals surface area contributed by atoms with E-state index in [4.69, 9.17) is 0 Å². The van der Waals surface area contributed by atoms with Crippen LogP contribution in [0.5, 0.6) is 0 Å². The molecule has 108 valence electrons. The molecule has 2 atom stereocenters. The molecule has 0 bridgehead atoms. The summed E-state index contributed by atoms with van der Waals surface area (Å²) in [6, 6.07) is 1.25. The smallest absolute Gasteiger partial charge is 0.323 e. The van der Waals surface area contributed by atoms with Gasteiger partial charge in [0.05, 0.1) is 0 Å². The largest absolute Gasteiger partial charge is 0.480 e. The van der Waals surface area contributed by atoms with E-state index in [9.17, 15) is 9.90 Å². The van der Waals surface area contributed by atoms with E-state index in [1.807, 2.05) is 6.92 Å². The van der Waals surface area contributed by atoms with Crippen molar-refractivity contribution >= 4 is 5.97 Å². The molecule has 0 radical (unpaired) electrons. The van der Waals surface area contributed by atoms with Crippen LogP contribution < -0.4 is 5.32 Å². The Morgan fingerprint density at radius 2 is 2.00 bits per heavy atom. The summed E-state index contributed by atoms with van der Waals surface area (Å²) in [5, 5.41) is 12.8. The Balaban J connectivity index is 1.66. The predicted octanol–water partition coefficient (Wildman–Crippen LogP) is 1.85. The van der Waals surface area contributed by atoms with E-state index in [1.165, 1.54) is 32.2 Å². The lowest BCUT2D eigenvalue weighted by Crippen LogP contribution is -2.51. The molecule has 3 saturated carbocycles. The van der Waals surface area contributed by atoms with E-state index in [2.05, 4.69) is 10.2 Å². The van der Waals surface area contributed by atoms with E-state index in [1.54, 1.807) is 0 Å². The summed E-state index contributed by atoms with van der Waals surface area (Å²) in [5.74, 6) is 0.249. The zero-order valence-corrected chi connectivity index (χ0v) is 11.9. The molecule has 0 spiro atoms. The van der Waals surface area contributed by atoms with Gasteiger partial charge in [0.15, 0.2) is 0 Å². The highest BCUT2D eigenvalue weighted by Gasteiger charge is 2.49. The Hall–Kier alpha value is -0.610. The molecule has 3 rings (SSSR count). The lowest BCUT2D eigenvalue weighted by molar-refractivity contribution is -0.144. The van der Waals surface area contributed by atoms with E-state index >= 15 is 0 Å². The van der Waals surface area contributed by atoms with Crippen molar-refractivity contribution < 1.29 is 9.90 Å². The Morgan fingerprint density at radius 3 is 2.53 bits per heavy atom. The summed E-state index contributed by atoms with van der Waals surface area (Å²) in [6.07, 6.45) is 8.03. The van der Waals surface area contributed by atoms with Crippen LogP contribution in [-0.2, 0) is 4.79 Å². The van der Waals surface area contributed by atoms with Crippen LogP contribution in [0.3, 0.4) is 0 Å². The number of carbonyl (C=O) groups is 1. The van der Waals surface area contributed by atoms with Crippen LogP contribution in [0.2, 0.25) is 0 Å². The van der Waals surface area contributed by atoms with Crippen LogP contribution >= 0.6 is 0 Å². The van der Waals surface area contributed by atoms with Gasteiger partial charge in [-0.15, -0.1) is 0 Å². The van der Waals surface area contributed by atoms with Crippen molar-refractivity contribution in [2.75, 3.05) is 13.1 Å². The zero-order valence-electron chi connectivity index (χ0n) is 11.9. The van der Waals surface area contributed by atoms with Gasteiger partial charge in [0.1, 0.15) is 5.54 Å². The molecule has 0 aromatic carbocycles. The maximum atomic E-state index is 11.6. The summed E-state index contributed by atoms with van der Waals surface area (Å²) in [4.78, 5) is 14.3. The Labute approximate surface area is 115 Å². The van der Waals surface area contributed by atoms with Crippen molar-refractivity contribution in [1.29, 1.82) is 0 Å². The highest BCUT2D eigenvalue weighted by atomic mass is 16.4. The third kappa shape index (κ3) is 2.79. The van der Waals surface area contributed by atoms with Crippen molar-refractivity contribution in [1.82, 2.24) is 10.2 Å². The topological polar surface area (TPSA) is 52.6 Å². The molecule has 0 saturated heterocycles. The standard InChI is InChI=1S/C15H26N2O2/c1-2-16-15(14(18)19)8-7-13(9-15)17(12-5-6-12)10-11-3-4-11/h11-13,16H,2-10H2,1H3,(H,18,19). The van der Waals surface area contributed by atoms with E-state index < -0.39 is 11.5 Å². The molecule has 2 N–H and O–H groups in total. The summed E-state index contributed by atoms with van der Waals surface area (Å²) < 4.78 is 0. The number of hydrogen-bond acceptors (Lipinski definition) is 3. The van der Waals surface area contributed by atoms with Gasteiger partial charge < -0.3 is 10.4 Å². The van der Waals surface area contributed by atoms with Crippen molar-refractivity contribution in [2.45, 2.75) is 69.5 Å². The fourth-order valence-corrected chi connectivity index (χ4v) is 3.67. The van der Waals surface area contributed by atoms with E-state index in [0.29, 0.717) is 6.04 Å². The second-order valence-electron chi connectivity index (χ2n) is 6.69. The molecule has 4 heteroatoms. The van der Waals surface area contributed by atoms with Crippen LogP contribution in [0.4, 0.5) is 0 Å². The number of nitrogens with zero attached hydrogens (tertiary/aromatic N) is 1. The number of rotatable bonds is 7. The molecule has 3 aliphatic carbocycles. The molecular weight excluding hydrogens is 240 g/mol. The minimum Gasteiger partial charge on any atom is -0.480 e. The van der Waals surface area contributed by atoms with Gasteiger partial charge in [-0.1, -0.05) is 6.92 Å². The van der Waals surface area contributed by atoms with Crippen molar-refractivity contribution in [3.8, 4) is 0 Å². The van der Waals surface area contributed by atoms with Gasteiger partial charge in [0, 0.05) is 18.6 Å². The van der Waals surface area contributed by atoms with Crippen molar-refractivity contribution in [2.24, 2.45) is 5.92 Å². The van der Waals surface area contributed by atoms with E-state index in [0.717, 1.165) is 37.8 Å². The minimum atomic E-state index is -0.657. The van der Waals surface area contributed by atoms with Gasteiger partial charge in [0.25, 0.3) is 0 Å². The molecular formula is C15H26N2O2. The summed E-state index contributed by atoms with van der Waals surface area (Å²) in [6.45, 7) is 3.96. The van der Waals surface area contributed by atoms with Crippen LogP contribution in [0, 0.1) is 5.92 Å². The molecule has 0 aliphatic heterocycles. The molecule has 4 nitrogen and oxygen atoms in total. The van der Waals surface area contributed by atoms with Crippen LogP contribution in [0.25, 0.3) is 0 Å². The van der Waals surface area contributed by atoms with Gasteiger partial charge >= 0.3 is 5.97 Å². The maximum absolute atomic E-state index is 11.6. The monoisotopic (exact) mass is 266 g/mol. The number of aliphatic carboxylic acids is 1. The summed E-state index contributed by atoms with van der Waals surface area (Å²) in [5.41, 5.74) is -0.657. The molecule has 3 fully saturated rings. The number of likely N-dealkylation sites (N-methyl/N-ethyl adjacent to an activating group) is 1. The molecule has 0 aromatic heterocycles. The molecule has 3 aliphatic rings. The lowest BCUT2D eigenvalue weighted by atomic mass is 9.97. The number of nitrogens with one attached hydrogen (secondary N) is 1. The first-order chi connectivity index (χ1) is 9.14. The summed E-state index contributed by atoms with van der Waals surface area (Å²) in [7, 11) is 0. The molecule has 0 heterocycles. The van der Waals surface area contributed by atoms with Crippen molar-refractivity contribution in [3.05, 3.63) is 0 Å². The SMILES string of the molecule is CCNC1(C(=O)O)CCC(N(CC2CC2)C2CC2)C1. The molecule has 2 unspecified atom stereocenters. The normalized spacial score (nSPS) is 34.9. The molecule has 19 heavy (non-hydrogen) atoms. The molecule has 0 aromatic rings. The lowest BCUT2D eigenvalue weighted by Gasteiger charge is -2.31. The average Bonchev–Trinajstić information content (AvgIpc) is 3.27. The first kappa shape index (κ1) is 13.4. The molecule has 0 amide bonds. The first-order valence-electron chi connectivity index (χ1n) is 7.89. The van der Waals surface area contributed by atoms with Crippen LogP contribution in [-0.4, -0.2) is 46.7 Å². The number of carboxylic acid groups (broad SMARTS) is 1. The van der Waals surface area contributed by atoms with Crippen molar-refractivity contribution in [3.63, 3.8) is 0 Å². The second kappa shape index (κ2) is 5.06. The quantitative estimate of drug-likeness (QED) is 0.738. The third-order valence-corrected chi connectivity index (χ3v) is 5.06. The second-order valence-corrected chi connectivity index (χ2v) is 6.69. The fraction of sp³-hybridized carbons (Fsp3) is 0.933. The number of hydrogen-bond donors (Lipinski definition) is 2.